The number of ether oxygens (including phenoxy) is 1. The maximum Gasteiger partial charge on any atom is 0.418 e. The summed E-state index contributed by atoms with van der Waals surface area (Å²) in [5.74, 6) is 0. The highest BCUT2D eigenvalue weighted by Gasteiger charge is 2.08. The van der Waals surface area contributed by atoms with E-state index < -0.39 is 6.09 Å². The first-order valence-corrected chi connectivity index (χ1v) is 4.36. The highest BCUT2D eigenvalue weighted by molar-refractivity contribution is 5.90. The van der Waals surface area contributed by atoms with E-state index >= 15 is 0 Å². The van der Waals surface area contributed by atoms with Gasteiger partial charge in [-0.25, -0.2) is 4.79 Å². The van der Waals surface area contributed by atoms with E-state index in [9.17, 15) is 4.79 Å². The first kappa shape index (κ1) is 9.28. The number of methoxy groups -OCH3 is 1. The number of hydrogen-bond donors (Lipinski definition) is 0. The monoisotopic (exact) mass is 200 g/mol. The number of benzene rings is 1. The average molecular weight is 200 g/mol. The van der Waals surface area contributed by atoms with E-state index in [1.165, 1.54) is 11.7 Å². The fraction of sp³-hybridized carbons (Fsp3) is 0.0909. The van der Waals surface area contributed by atoms with Crippen molar-refractivity contribution in [3.05, 3.63) is 36.0 Å². The van der Waals surface area contributed by atoms with Crippen LogP contribution in [0.4, 0.5) is 4.79 Å². The average Bonchev–Trinajstić information content (AvgIpc) is 2.70. The van der Waals surface area contributed by atoms with Crippen LogP contribution in [0.25, 0.3) is 10.9 Å². The molecule has 0 fully saturated rings. The van der Waals surface area contributed by atoms with Crippen molar-refractivity contribution >= 4 is 17.0 Å². The quantitative estimate of drug-likeness (QED) is 0.654. The van der Waals surface area contributed by atoms with Gasteiger partial charge in [-0.15, -0.1) is 0 Å². The number of aromatic nitrogens is 1. The Morgan fingerprint density at radius 2 is 2.27 bits per heavy atom. The molecule has 15 heavy (non-hydrogen) atoms. The Morgan fingerprint density at radius 1 is 1.47 bits per heavy atom. The van der Waals surface area contributed by atoms with Gasteiger partial charge in [0, 0.05) is 11.6 Å². The molecule has 0 aliphatic heterocycles. The maximum atomic E-state index is 11.3. The third-order valence-corrected chi connectivity index (χ3v) is 2.19. The number of carbonyl (C=O) groups excluding carboxylic acids is 1. The van der Waals surface area contributed by atoms with Gasteiger partial charge < -0.3 is 4.74 Å². The zero-order valence-electron chi connectivity index (χ0n) is 8.10. The molecule has 1 aromatic heterocycles. The van der Waals surface area contributed by atoms with Gasteiger partial charge in [-0.3, -0.25) is 4.57 Å². The van der Waals surface area contributed by atoms with Crippen LogP contribution in [0.5, 0.6) is 0 Å². The fourth-order valence-corrected chi connectivity index (χ4v) is 1.47. The molecule has 0 unspecified atom stereocenters. The Hall–Kier alpha value is -2.28. The van der Waals surface area contributed by atoms with Gasteiger partial charge in [-0.1, -0.05) is 0 Å². The zero-order chi connectivity index (χ0) is 10.8. The number of rotatable bonds is 0. The Kier molecular flexibility index (Phi) is 2.14. The van der Waals surface area contributed by atoms with E-state index in [1.54, 1.807) is 30.5 Å². The van der Waals surface area contributed by atoms with E-state index in [4.69, 9.17) is 5.26 Å². The molecule has 4 nitrogen and oxygen atoms in total. The van der Waals surface area contributed by atoms with Gasteiger partial charge >= 0.3 is 6.09 Å². The first-order chi connectivity index (χ1) is 7.26. The number of nitriles is 1. The summed E-state index contributed by atoms with van der Waals surface area (Å²) in [4.78, 5) is 11.3. The largest absolute Gasteiger partial charge is 0.452 e. The smallest absolute Gasteiger partial charge is 0.418 e. The molecule has 0 aliphatic carbocycles. The minimum atomic E-state index is -0.435. The normalized spacial score (nSPS) is 9.87. The van der Waals surface area contributed by atoms with Gasteiger partial charge in [0.2, 0.25) is 0 Å². The van der Waals surface area contributed by atoms with Gasteiger partial charge in [0.1, 0.15) is 0 Å². The van der Waals surface area contributed by atoms with Gasteiger partial charge in [0.15, 0.2) is 0 Å². The third kappa shape index (κ3) is 1.44. The Morgan fingerprint density at radius 3 is 2.93 bits per heavy atom. The van der Waals surface area contributed by atoms with Crippen LogP contribution >= 0.6 is 0 Å². The SMILES string of the molecule is COC(=O)n1ccc2cc(C#N)ccc21. The Bertz CT molecular complexity index is 563. The minimum absolute atomic E-state index is 0.435. The summed E-state index contributed by atoms with van der Waals surface area (Å²) in [6.07, 6.45) is 1.19. The molecular weight excluding hydrogens is 192 g/mol. The summed E-state index contributed by atoms with van der Waals surface area (Å²) in [6, 6.07) is 8.94. The van der Waals surface area contributed by atoms with Crippen LogP contribution in [0.2, 0.25) is 0 Å². The molecule has 4 heteroatoms. The molecule has 0 saturated heterocycles. The summed E-state index contributed by atoms with van der Waals surface area (Å²) >= 11 is 0. The van der Waals surface area contributed by atoms with Gasteiger partial charge in [0.05, 0.1) is 24.3 Å². The first-order valence-electron chi connectivity index (χ1n) is 4.36. The summed E-state index contributed by atoms with van der Waals surface area (Å²) < 4.78 is 6.02. The molecule has 0 spiro atoms. The molecule has 2 aromatic rings. The lowest BCUT2D eigenvalue weighted by molar-refractivity contribution is 0.174. The maximum absolute atomic E-state index is 11.3. The molecule has 0 saturated carbocycles. The van der Waals surface area contributed by atoms with Crippen LogP contribution in [0.3, 0.4) is 0 Å². The number of carbonyl (C=O) groups is 1. The molecule has 1 aromatic carbocycles. The molecular formula is C11H8N2O2. The summed E-state index contributed by atoms with van der Waals surface area (Å²) in [5.41, 5.74) is 1.31. The fourth-order valence-electron chi connectivity index (χ4n) is 1.47. The van der Waals surface area contributed by atoms with Crippen LogP contribution in [0.1, 0.15) is 5.56 Å². The predicted octanol–water partition coefficient (Wildman–Crippen LogP) is 2.13. The topological polar surface area (TPSA) is 55.0 Å². The summed E-state index contributed by atoms with van der Waals surface area (Å²) in [7, 11) is 1.33. The van der Waals surface area contributed by atoms with Crippen molar-refractivity contribution in [2.75, 3.05) is 7.11 Å². The lowest BCUT2D eigenvalue weighted by atomic mass is 10.2. The third-order valence-electron chi connectivity index (χ3n) is 2.19. The van der Waals surface area contributed by atoms with Crippen LogP contribution in [0, 0.1) is 11.3 Å². The highest BCUT2D eigenvalue weighted by Crippen LogP contribution is 2.17. The summed E-state index contributed by atoms with van der Waals surface area (Å²) in [6.45, 7) is 0. The predicted molar refractivity (Wildman–Crippen MR) is 54.5 cm³/mol. The summed E-state index contributed by atoms with van der Waals surface area (Å²) in [5, 5.41) is 9.56. The molecule has 0 N–H and O–H groups in total. The molecule has 0 atom stereocenters. The van der Waals surface area contributed by atoms with Crippen molar-refractivity contribution < 1.29 is 9.53 Å². The highest BCUT2D eigenvalue weighted by atomic mass is 16.5. The molecule has 0 bridgehead atoms. The second-order valence-corrected chi connectivity index (χ2v) is 3.04. The zero-order valence-corrected chi connectivity index (χ0v) is 8.10. The Balaban J connectivity index is 2.63. The van der Waals surface area contributed by atoms with Crippen LogP contribution in [-0.2, 0) is 4.74 Å². The van der Waals surface area contributed by atoms with E-state index in [-0.39, 0.29) is 0 Å². The van der Waals surface area contributed by atoms with Crippen molar-refractivity contribution in [3.63, 3.8) is 0 Å². The molecule has 74 valence electrons. The van der Waals surface area contributed by atoms with Crippen molar-refractivity contribution in [3.8, 4) is 6.07 Å². The van der Waals surface area contributed by atoms with Gasteiger partial charge in [-0.05, 0) is 24.3 Å². The van der Waals surface area contributed by atoms with Crippen LogP contribution in [0.15, 0.2) is 30.5 Å². The van der Waals surface area contributed by atoms with E-state index in [2.05, 4.69) is 4.74 Å². The van der Waals surface area contributed by atoms with Crippen molar-refractivity contribution in [1.29, 1.82) is 5.26 Å². The van der Waals surface area contributed by atoms with Crippen molar-refractivity contribution in [2.24, 2.45) is 0 Å². The van der Waals surface area contributed by atoms with Crippen LogP contribution in [-0.4, -0.2) is 17.8 Å². The molecule has 2 rings (SSSR count). The Labute approximate surface area is 86.3 Å². The van der Waals surface area contributed by atoms with Crippen molar-refractivity contribution in [1.82, 2.24) is 4.57 Å². The van der Waals surface area contributed by atoms with E-state index in [0.717, 1.165) is 10.9 Å². The second kappa shape index (κ2) is 3.46. The van der Waals surface area contributed by atoms with E-state index in [1.807, 2.05) is 6.07 Å². The molecule has 0 radical (unpaired) electrons. The minimum Gasteiger partial charge on any atom is -0.452 e. The lowest BCUT2D eigenvalue weighted by Gasteiger charge is -2.01. The second-order valence-electron chi connectivity index (χ2n) is 3.04. The lowest BCUT2D eigenvalue weighted by Crippen LogP contribution is -2.09. The molecule has 1 heterocycles. The number of fused-ring (bicyclic) bond motifs is 1. The van der Waals surface area contributed by atoms with Crippen LogP contribution < -0.4 is 0 Å². The van der Waals surface area contributed by atoms with E-state index in [0.29, 0.717) is 5.56 Å². The molecule has 0 amide bonds. The number of hydrogen-bond acceptors (Lipinski definition) is 3. The number of nitrogens with zero attached hydrogens (tertiary/aromatic N) is 2. The molecule has 0 aliphatic rings. The van der Waals surface area contributed by atoms with Gasteiger partial charge in [-0.2, -0.15) is 5.26 Å². The van der Waals surface area contributed by atoms with Crippen molar-refractivity contribution in [2.45, 2.75) is 0 Å². The van der Waals surface area contributed by atoms with Gasteiger partial charge in [0.25, 0.3) is 0 Å². The standard InChI is InChI=1S/C11H8N2O2/c1-15-11(14)13-5-4-9-6-8(7-12)2-3-10(9)13/h2-6H,1H3.